The number of rotatable bonds is 3. The lowest BCUT2D eigenvalue weighted by atomic mass is 10.1. The maximum absolute atomic E-state index is 5.68. The first kappa shape index (κ1) is 13.1. The Balaban J connectivity index is 1.88. The van der Waals surface area contributed by atoms with Gasteiger partial charge < -0.3 is 15.5 Å². The molecule has 0 saturated heterocycles. The van der Waals surface area contributed by atoms with Crippen molar-refractivity contribution in [2.75, 3.05) is 5.32 Å². The molecule has 102 valence electrons. The first-order valence-corrected chi connectivity index (χ1v) is 6.96. The lowest BCUT2D eigenvalue weighted by Crippen LogP contribution is -2.04. The minimum Gasteiger partial charge on any atom is -0.406 e. The van der Waals surface area contributed by atoms with Crippen molar-refractivity contribution in [3.05, 3.63) is 46.8 Å². The van der Waals surface area contributed by atoms with Crippen LogP contribution in [-0.2, 0) is 0 Å². The molecule has 2 aromatic carbocycles. The summed E-state index contributed by atoms with van der Waals surface area (Å²) >= 11 is 3.46. The molecule has 0 fully saturated rings. The number of benzene rings is 2. The van der Waals surface area contributed by atoms with E-state index in [1.165, 1.54) is 0 Å². The molecule has 6 heteroatoms. The van der Waals surface area contributed by atoms with Gasteiger partial charge in [-0.05, 0) is 42.0 Å². The first-order valence-electron chi connectivity index (χ1n) is 6.17. The van der Waals surface area contributed by atoms with Crippen molar-refractivity contribution < 1.29 is 4.42 Å². The molecule has 0 radical (unpaired) electrons. The zero-order valence-electron chi connectivity index (χ0n) is 10.8. The summed E-state index contributed by atoms with van der Waals surface area (Å²) in [6.07, 6.45) is 0. The number of anilines is 2. The van der Waals surface area contributed by atoms with Crippen molar-refractivity contribution in [1.82, 2.24) is 10.2 Å². The van der Waals surface area contributed by atoms with Gasteiger partial charge in [-0.2, -0.15) is 0 Å². The monoisotopic (exact) mass is 332 g/mol. The molecular formula is C14H13BrN4O. The fourth-order valence-corrected chi connectivity index (χ4v) is 2.27. The van der Waals surface area contributed by atoms with Crippen molar-refractivity contribution in [3.8, 4) is 0 Å². The topological polar surface area (TPSA) is 77.0 Å². The van der Waals surface area contributed by atoms with Crippen LogP contribution < -0.4 is 11.1 Å². The molecule has 3 rings (SSSR count). The maximum atomic E-state index is 5.68. The van der Waals surface area contributed by atoms with Crippen molar-refractivity contribution in [2.24, 2.45) is 5.73 Å². The van der Waals surface area contributed by atoms with Gasteiger partial charge in [0.05, 0.1) is 6.04 Å². The average Bonchev–Trinajstić information content (AvgIpc) is 2.88. The summed E-state index contributed by atoms with van der Waals surface area (Å²) in [6.45, 7) is 1.80. The standard InChI is InChI=1S/C14H13BrN4O/c1-8(16)13-18-19-14(20-13)17-12-5-3-9-6-11(15)4-2-10(9)7-12/h2-8H,16H2,1H3,(H,17,19). The molecule has 0 saturated carbocycles. The highest BCUT2D eigenvalue weighted by atomic mass is 79.9. The highest BCUT2D eigenvalue weighted by Gasteiger charge is 2.09. The van der Waals surface area contributed by atoms with E-state index < -0.39 is 0 Å². The van der Waals surface area contributed by atoms with E-state index in [2.05, 4.69) is 37.5 Å². The Kier molecular flexibility index (Phi) is 3.42. The normalized spacial score (nSPS) is 12.6. The molecular weight excluding hydrogens is 320 g/mol. The van der Waals surface area contributed by atoms with Gasteiger partial charge >= 0.3 is 6.01 Å². The molecule has 0 aliphatic rings. The second-order valence-electron chi connectivity index (χ2n) is 4.57. The summed E-state index contributed by atoms with van der Waals surface area (Å²) in [5, 5.41) is 13.2. The zero-order chi connectivity index (χ0) is 14.1. The predicted octanol–water partition coefficient (Wildman–Crippen LogP) is 3.75. The fraction of sp³-hybridized carbons (Fsp3) is 0.143. The molecule has 0 aliphatic carbocycles. The summed E-state index contributed by atoms with van der Waals surface area (Å²) < 4.78 is 6.47. The van der Waals surface area contributed by atoms with Crippen LogP contribution in [0.5, 0.6) is 0 Å². The molecule has 0 spiro atoms. The number of fused-ring (bicyclic) bond motifs is 1. The molecule has 5 nitrogen and oxygen atoms in total. The molecule has 1 heterocycles. The van der Waals surface area contributed by atoms with Gasteiger partial charge in [0.1, 0.15) is 0 Å². The van der Waals surface area contributed by atoms with E-state index in [1.54, 1.807) is 6.92 Å². The highest BCUT2D eigenvalue weighted by molar-refractivity contribution is 9.10. The Hall–Kier alpha value is -1.92. The van der Waals surface area contributed by atoms with Crippen molar-refractivity contribution in [2.45, 2.75) is 13.0 Å². The molecule has 1 atom stereocenters. The number of nitrogens with one attached hydrogen (secondary N) is 1. The Labute approximate surface area is 124 Å². The summed E-state index contributed by atoms with van der Waals surface area (Å²) in [4.78, 5) is 0. The Morgan fingerprint density at radius 2 is 1.90 bits per heavy atom. The summed E-state index contributed by atoms with van der Waals surface area (Å²) in [7, 11) is 0. The predicted molar refractivity (Wildman–Crippen MR) is 81.8 cm³/mol. The minimum absolute atomic E-state index is 0.271. The largest absolute Gasteiger partial charge is 0.406 e. The zero-order valence-corrected chi connectivity index (χ0v) is 12.4. The average molecular weight is 333 g/mol. The van der Waals surface area contributed by atoms with Crippen LogP contribution in [0.3, 0.4) is 0 Å². The third-order valence-corrected chi connectivity index (χ3v) is 3.38. The van der Waals surface area contributed by atoms with Gasteiger partial charge in [0.25, 0.3) is 0 Å². The van der Waals surface area contributed by atoms with Gasteiger partial charge in [-0.15, -0.1) is 5.10 Å². The summed E-state index contributed by atoms with van der Waals surface area (Å²) in [5.74, 6) is 0.414. The van der Waals surface area contributed by atoms with Gasteiger partial charge in [-0.1, -0.05) is 33.2 Å². The molecule has 0 aliphatic heterocycles. The fourth-order valence-electron chi connectivity index (χ4n) is 1.89. The summed E-state index contributed by atoms with van der Waals surface area (Å²) in [6, 6.07) is 12.2. The third kappa shape index (κ3) is 2.66. The molecule has 1 aromatic heterocycles. The second kappa shape index (κ2) is 5.22. The van der Waals surface area contributed by atoms with Crippen LogP contribution in [0.4, 0.5) is 11.7 Å². The van der Waals surface area contributed by atoms with Gasteiger partial charge in [0.2, 0.25) is 5.89 Å². The number of nitrogens with two attached hydrogens (primary N) is 1. The molecule has 20 heavy (non-hydrogen) atoms. The van der Waals surface area contributed by atoms with E-state index in [0.717, 1.165) is 20.9 Å². The van der Waals surface area contributed by atoms with Crippen LogP contribution >= 0.6 is 15.9 Å². The van der Waals surface area contributed by atoms with Gasteiger partial charge in [-0.3, -0.25) is 0 Å². The number of aromatic nitrogens is 2. The van der Waals surface area contributed by atoms with Crippen molar-refractivity contribution in [1.29, 1.82) is 0 Å². The van der Waals surface area contributed by atoms with E-state index in [4.69, 9.17) is 10.2 Å². The van der Waals surface area contributed by atoms with E-state index in [1.807, 2.05) is 30.3 Å². The molecule has 3 aromatic rings. The van der Waals surface area contributed by atoms with E-state index >= 15 is 0 Å². The first-order chi connectivity index (χ1) is 9.61. The van der Waals surface area contributed by atoms with E-state index in [9.17, 15) is 0 Å². The molecule has 0 amide bonds. The van der Waals surface area contributed by atoms with Crippen molar-refractivity contribution in [3.63, 3.8) is 0 Å². The maximum Gasteiger partial charge on any atom is 0.320 e. The van der Waals surface area contributed by atoms with Crippen LogP contribution in [0.1, 0.15) is 18.9 Å². The van der Waals surface area contributed by atoms with Crippen molar-refractivity contribution >= 4 is 38.4 Å². The van der Waals surface area contributed by atoms with Crippen LogP contribution in [0.25, 0.3) is 10.8 Å². The number of halogens is 1. The van der Waals surface area contributed by atoms with E-state index in [-0.39, 0.29) is 6.04 Å². The van der Waals surface area contributed by atoms with Gasteiger partial charge in [0.15, 0.2) is 0 Å². The summed E-state index contributed by atoms with van der Waals surface area (Å²) in [5.41, 5.74) is 6.57. The minimum atomic E-state index is -0.271. The van der Waals surface area contributed by atoms with Gasteiger partial charge in [-0.25, -0.2) is 0 Å². The second-order valence-corrected chi connectivity index (χ2v) is 5.48. The molecule has 1 unspecified atom stereocenters. The lowest BCUT2D eigenvalue weighted by Gasteiger charge is -2.04. The third-order valence-electron chi connectivity index (χ3n) is 2.88. The smallest absolute Gasteiger partial charge is 0.320 e. The lowest BCUT2D eigenvalue weighted by molar-refractivity contribution is 0.475. The highest BCUT2D eigenvalue weighted by Crippen LogP contribution is 2.25. The van der Waals surface area contributed by atoms with Crippen LogP contribution in [0.2, 0.25) is 0 Å². The van der Waals surface area contributed by atoms with Crippen LogP contribution in [0, 0.1) is 0 Å². The molecule has 3 N–H and O–H groups in total. The Morgan fingerprint density at radius 1 is 1.15 bits per heavy atom. The van der Waals surface area contributed by atoms with Crippen LogP contribution in [0.15, 0.2) is 45.3 Å². The number of hydrogen-bond acceptors (Lipinski definition) is 5. The Bertz CT molecular complexity index is 754. The van der Waals surface area contributed by atoms with Gasteiger partial charge in [0, 0.05) is 10.2 Å². The number of nitrogens with zero attached hydrogens (tertiary/aromatic N) is 2. The van der Waals surface area contributed by atoms with Crippen LogP contribution in [-0.4, -0.2) is 10.2 Å². The quantitative estimate of drug-likeness (QED) is 0.763. The SMILES string of the molecule is CC(N)c1nnc(Nc2ccc3cc(Br)ccc3c2)o1. The Morgan fingerprint density at radius 3 is 2.65 bits per heavy atom. The molecule has 0 bridgehead atoms. The number of hydrogen-bond donors (Lipinski definition) is 2. The van der Waals surface area contributed by atoms with E-state index in [0.29, 0.717) is 11.9 Å².